The number of hydrogen-bond acceptors (Lipinski definition) is 4. The van der Waals surface area contributed by atoms with Crippen LogP contribution < -0.4 is 5.32 Å². The Kier molecular flexibility index (Phi) is 5.16. The molecule has 0 aliphatic heterocycles. The van der Waals surface area contributed by atoms with Crippen molar-refractivity contribution in [1.82, 2.24) is 0 Å². The third kappa shape index (κ3) is 3.79. The number of benzene rings is 1. The lowest BCUT2D eigenvalue weighted by atomic mass is 10.2. The molecule has 1 aromatic rings. The molecule has 3 nitrogen and oxygen atoms in total. The summed E-state index contributed by atoms with van der Waals surface area (Å²) in [4.78, 5) is 1.14. The van der Waals surface area contributed by atoms with Crippen LogP contribution in [0.2, 0.25) is 0 Å². The summed E-state index contributed by atoms with van der Waals surface area (Å²) in [5.74, 6) is 0.846. The standard InChI is InChI=1S/C15H21NO2S2/c1-3-11-19-14-9-5-4-7-12(14)16-13-8-6-10-15(13)20(2,17)18/h3-5,7,9,13,15-16H,1,6,8,10-11H2,2H3. The highest BCUT2D eigenvalue weighted by molar-refractivity contribution is 7.99. The second-order valence-corrected chi connectivity index (χ2v) is 8.47. The maximum absolute atomic E-state index is 11.8. The minimum Gasteiger partial charge on any atom is -0.380 e. The van der Waals surface area contributed by atoms with Gasteiger partial charge in [-0.1, -0.05) is 18.2 Å². The molecule has 1 saturated carbocycles. The summed E-state index contributed by atoms with van der Waals surface area (Å²) in [6.07, 6.45) is 5.86. The third-order valence-corrected chi connectivity index (χ3v) is 6.32. The first kappa shape index (κ1) is 15.4. The van der Waals surface area contributed by atoms with Gasteiger partial charge in [0.15, 0.2) is 9.84 Å². The van der Waals surface area contributed by atoms with E-state index in [1.54, 1.807) is 11.8 Å². The van der Waals surface area contributed by atoms with E-state index in [0.717, 1.165) is 35.6 Å². The lowest BCUT2D eigenvalue weighted by Crippen LogP contribution is -2.34. The second-order valence-electron chi connectivity index (χ2n) is 5.15. The van der Waals surface area contributed by atoms with Gasteiger partial charge in [0.25, 0.3) is 0 Å². The van der Waals surface area contributed by atoms with E-state index in [2.05, 4.69) is 18.0 Å². The van der Waals surface area contributed by atoms with Crippen LogP contribution in [-0.2, 0) is 9.84 Å². The summed E-state index contributed by atoms with van der Waals surface area (Å²) >= 11 is 1.71. The zero-order chi connectivity index (χ0) is 14.6. The molecule has 1 aromatic carbocycles. The number of thioether (sulfide) groups is 1. The highest BCUT2D eigenvalue weighted by atomic mass is 32.2. The normalized spacial score (nSPS) is 22.6. The highest BCUT2D eigenvalue weighted by Crippen LogP contribution is 2.32. The van der Waals surface area contributed by atoms with E-state index in [4.69, 9.17) is 0 Å². The molecular weight excluding hydrogens is 290 g/mol. The quantitative estimate of drug-likeness (QED) is 0.646. The van der Waals surface area contributed by atoms with Crippen LogP contribution in [0.25, 0.3) is 0 Å². The van der Waals surface area contributed by atoms with Gasteiger partial charge in [-0.2, -0.15) is 0 Å². The van der Waals surface area contributed by atoms with Crippen LogP contribution >= 0.6 is 11.8 Å². The van der Waals surface area contributed by atoms with E-state index in [1.807, 2.05) is 24.3 Å². The number of sulfone groups is 1. The van der Waals surface area contributed by atoms with Crippen LogP contribution in [0.1, 0.15) is 19.3 Å². The SMILES string of the molecule is C=CCSc1ccccc1NC1CCCC1S(C)(=O)=O. The Morgan fingerprint density at radius 3 is 2.85 bits per heavy atom. The monoisotopic (exact) mass is 311 g/mol. The van der Waals surface area contributed by atoms with Gasteiger partial charge in [-0.3, -0.25) is 0 Å². The Bertz CT molecular complexity index is 569. The average molecular weight is 311 g/mol. The molecule has 0 amide bonds. The van der Waals surface area contributed by atoms with Crippen LogP contribution in [0.5, 0.6) is 0 Å². The maximum atomic E-state index is 11.8. The molecule has 110 valence electrons. The summed E-state index contributed by atoms with van der Waals surface area (Å²) in [6, 6.07) is 8.07. The smallest absolute Gasteiger partial charge is 0.152 e. The van der Waals surface area contributed by atoms with Gasteiger partial charge in [-0.05, 0) is 31.4 Å². The van der Waals surface area contributed by atoms with Crippen molar-refractivity contribution < 1.29 is 8.42 Å². The van der Waals surface area contributed by atoms with E-state index in [0.29, 0.717) is 0 Å². The molecule has 0 heterocycles. The molecule has 20 heavy (non-hydrogen) atoms. The van der Waals surface area contributed by atoms with Crippen LogP contribution in [0.4, 0.5) is 5.69 Å². The molecule has 0 spiro atoms. The van der Waals surface area contributed by atoms with Crippen molar-refractivity contribution in [1.29, 1.82) is 0 Å². The van der Waals surface area contributed by atoms with Crippen LogP contribution in [0.3, 0.4) is 0 Å². The van der Waals surface area contributed by atoms with E-state index in [9.17, 15) is 8.42 Å². The summed E-state index contributed by atoms with van der Waals surface area (Å²) in [7, 11) is -2.99. The number of nitrogens with one attached hydrogen (secondary N) is 1. The van der Waals surface area contributed by atoms with Gasteiger partial charge in [-0.25, -0.2) is 8.42 Å². The first-order chi connectivity index (χ1) is 9.52. The molecular formula is C15H21NO2S2. The number of hydrogen-bond donors (Lipinski definition) is 1. The van der Waals surface area contributed by atoms with Crippen LogP contribution in [-0.4, -0.2) is 31.7 Å². The van der Waals surface area contributed by atoms with E-state index >= 15 is 0 Å². The van der Waals surface area contributed by atoms with Gasteiger partial charge in [0, 0.05) is 28.6 Å². The second kappa shape index (κ2) is 6.68. The van der Waals surface area contributed by atoms with Gasteiger partial charge in [0.05, 0.1) is 5.25 Å². The molecule has 0 bridgehead atoms. The minimum absolute atomic E-state index is 0.0236. The summed E-state index contributed by atoms with van der Waals surface area (Å²) < 4.78 is 23.7. The van der Waals surface area contributed by atoms with Crippen molar-refractivity contribution in [2.75, 3.05) is 17.3 Å². The van der Waals surface area contributed by atoms with Crippen LogP contribution in [0, 0.1) is 0 Å². The molecule has 5 heteroatoms. The largest absolute Gasteiger partial charge is 0.380 e. The van der Waals surface area contributed by atoms with Crippen molar-refractivity contribution in [3.8, 4) is 0 Å². The topological polar surface area (TPSA) is 46.2 Å². The van der Waals surface area contributed by atoms with Crippen molar-refractivity contribution in [3.05, 3.63) is 36.9 Å². The van der Waals surface area contributed by atoms with Crippen molar-refractivity contribution in [2.45, 2.75) is 35.4 Å². The molecule has 1 N–H and O–H groups in total. The summed E-state index contributed by atoms with van der Waals surface area (Å²) in [5.41, 5.74) is 1.03. The van der Waals surface area contributed by atoms with E-state index < -0.39 is 9.84 Å². The molecule has 2 rings (SSSR count). The fraction of sp³-hybridized carbons (Fsp3) is 0.467. The first-order valence-corrected chi connectivity index (χ1v) is 9.74. The van der Waals surface area contributed by atoms with E-state index in [-0.39, 0.29) is 11.3 Å². The molecule has 0 aromatic heterocycles. The molecule has 1 fully saturated rings. The summed E-state index contributed by atoms with van der Waals surface area (Å²) in [6.45, 7) is 3.73. The Balaban J connectivity index is 2.15. The van der Waals surface area contributed by atoms with Gasteiger partial charge in [0.2, 0.25) is 0 Å². The fourth-order valence-electron chi connectivity index (χ4n) is 2.66. The summed E-state index contributed by atoms with van der Waals surface area (Å²) in [5, 5.41) is 3.18. The molecule has 1 aliphatic carbocycles. The van der Waals surface area contributed by atoms with Crippen LogP contribution in [0.15, 0.2) is 41.8 Å². The number of anilines is 1. The zero-order valence-electron chi connectivity index (χ0n) is 11.7. The predicted octanol–water partition coefficient (Wildman–Crippen LogP) is 3.34. The Labute approximate surface area is 125 Å². The molecule has 2 atom stereocenters. The Morgan fingerprint density at radius 1 is 1.40 bits per heavy atom. The average Bonchev–Trinajstić information content (AvgIpc) is 2.86. The fourth-order valence-corrected chi connectivity index (χ4v) is 4.81. The molecule has 0 radical (unpaired) electrons. The molecule has 1 aliphatic rings. The van der Waals surface area contributed by atoms with Gasteiger partial charge in [0.1, 0.15) is 0 Å². The number of rotatable bonds is 6. The van der Waals surface area contributed by atoms with Crippen molar-refractivity contribution >= 4 is 27.3 Å². The number of para-hydroxylation sites is 1. The lowest BCUT2D eigenvalue weighted by Gasteiger charge is -2.22. The van der Waals surface area contributed by atoms with E-state index in [1.165, 1.54) is 6.26 Å². The highest BCUT2D eigenvalue weighted by Gasteiger charge is 2.34. The van der Waals surface area contributed by atoms with Crippen molar-refractivity contribution in [3.63, 3.8) is 0 Å². The Morgan fingerprint density at radius 2 is 2.15 bits per heavy atom. The van der Waals surface area contributed by atoms with Gasteiger partial charge < -0.3 is 5.32 Å². The maximum Gasteiger partial charge on any atom is 0.152 e. The molecule has 2 unspecified atom stereocenters. The van der Waals surface area contributed by atoms with Gasteiger partial charge in [-0.15, -0.1) is 18.3 Å². The lowest BCUT2D eigenvalue weighted by molar-refractivity contribution is 0.579. The third-order valence-electron chi connectivity index (χ3n) is 3.59. The first-order valence-electron chi connectivity index (χ1n) is 6.80. The Hall–Kier alpha value is -0.940. The van der Waals surface area contributed by atoms with Gasteiger partial charge >= 0.3 is 0 Å². The zero-order valence-corrected chi connectivity index (χ0v) is 13.3. The van der Waals surface area contributed by atoms with Crippen molar-refractivity contribution in [2.24, 2.45) is 0 Å². The minimum atomic E-state index is -2.99. The molecule has 0 saturated heterocycles. The predicted molar refractivity (Wildman–Crippen MR) is 87.3 cm³/mol.